The maximum atomic E-state index is 10.8. The topological polar surface area (TPSA) is 141 Å². The third-order valence-electron chi connectivity index (χ3n) is 8.32. The van der Waals surface area contributed by atoms with Gasteiger partial charge in [0.15, 0.2) is 0 Å². The number of phenolic OH excluding ortho intramolecular Hbond substituents is 2. The number of benzene rings is 6. The first-order chi connectivity index (χ1) is 26.5. The summed E-state index contributed by atoms with van der Waals surface area (Å²) in [7, 11) is 0. The molecule has 4 N–H and O–H groups in total. The zero-order valence-electron chi connectivity index (χ0n) is 29.1. The summed E-state index contributed by atoms with van der Waals surface area (Å²) in [6.07, 6.45) is 3.05. The van der Waals surface area contributed by atoms with Gasteiger partial charge in [-0.3, -0.25) is 9.98 Å². The number of para-hydroxylation sites is 6. The molecule has 271 valence electrons. The Balaban J connectivity index is 0.000000184. The smallest absolute Gasteiger partial charge is 0.506 e. The average molecular weight is 770 g/mol. The summed E-state index contributed by atoms with van der Waals surface area (Å²) in [4.78, 5) is 8.68. The summed E-state index contributed by atoms with van der Waals surface area (Å²) >= 11 is 0. The van der Waals surface area contributed by atoms with E-state index in [0.717, 1.165) is 22.5 Å². The van der Waals surface area contributed by atoms with Gasteiger partial charge in [-0.05, 0) is 48.5 Å². The molecule has 2 heterocycles. The molecule has 11 heteroatoms. The van der Waals surface area contributed by atoms with Gasteiger partial charge in [-0.25, -0.2) is 9.36 Å². The van der Waals surface area contributed by atoms with Gasteiger partial charge in [0.05, 0.1) is 22.5 Å². The van der Waals surface area contributed by atoms with Crippen molar-refractivity contribution in [2.24, 2.45) is 9.98 Å². The van der Waals surface area contributed by atoms with Crippen LogP contribution in [0.5, 0.6) is 23.3 Å². The molecule has 1 radical (unpaired) electrons. The van der Waals surface area contributed by atoms with Gasteiger partial charge in [0.2, 0.25) is 11.8 Å². The van der Waals surface area contributed by atoms with Crippen molar-refractivity contribution in [1.29, 1.82) is 0 Å². The SMILES string of the molecule is Oc1ccccc1N=Cc1c(-c2ccccc2)nn(-c2ccccc2)c1O.Oc1ccccc1N=Cc1c(-c2ccccc2)nn(-c2ccccc2)c1O.[Co+2]. The van der Waals surface area contributed by atoms with E-state index in [1.807, 2.05) is 121 Å². The number of hydrogen-bond donors (Lipinski definition) is 4. The maximum Gasteiger partial charge on any atom is 2.00 e. The Morgan fingerprint density at radius 1 is 0.400 bits per heavy atom. The number of rotatable bonds is 8. The minimum absolute atomic E-state index is 0. The summed E-state index contributed by atoms with van der Waals surface area (Å²) in [5, 5.41) is 50.7. The van der Waals surface area contributed by atoms with Crippen LogP contribution in [0.2, 0.25) is 0 Å². The monoisotopic (exact) mass is 769 g/mol. The molecule has 0 unspecified atom stereocenters. The molecule has 0 aliphatic rings. The Hall–Kier alpha value is -7.21. The van der Waals surface area contributed by atoms with Crippen molar-refractivity contribution in [2.75, 3.05) is 0 Å². The Morgan fingerprint density at radius 2 is 0.709 bits per heavy atom. The maximum absolute atomic E-state index is 10.8. The van der Waals surface area contributed by atoms with Crippen molar-refractivity contribution in [3.63, 3.8) is 0 Å². The second-order valence-electron chi connectivity index (χ2n) is 11.9. The van der Waals surface area contributed by atoms with Gasteiger partial charge < -0.3 is 20.4 Å². The van der Waals surface area contributed by atoms with Gasteiger partial charge >= 0.3 is 16.8 Å². The van der Waals surface area contributed by atoms with Crippen molar-refractivity contribution < 1.29 is 37.2 Å². The molecule has 0 fully saturated rings. The van der Waals surface area contributed by atoms with Crippen molar-refractivity contribution in [3.8, 4) is 57.1 Å². The molecule has 0 saturated carbocycles. The second kappa shape index (κ2) is 17.5. The second-order valence-corrected chi connectivity index (χ2v) is 11.9. The Labute approximate surface area is 327 Å². The van der Waals surface area contributed by atoms with Crippen LogP contribution in [0.15, 0.2) is 180 Å². The van der Waals surface area contributed by atoms with E-state index in [1.165, 1.54) is 21.8 Å². The van der Waals surface area contributed by atoms with Gasteiger partial charge in [0.1, 0.15) is 34.3 Å². The van der Waals surface area contributed by atoms with Crippen LogP contribution in [0.1, 0.15) is 11.1 Å². The first kappa shape index (κ1) is 37.5. The van der Waals surface area contributed by atoms with Gasteiger partial charge in [0, 0.05) is 23.6 Å². The molecule has 0 spiro atoms. The molecule has 6 aromatic carbocycles. The third-order valence-corrected chi connectivity index (χ3v) is 8.32. The molecular weight excluding hydrogens is 735 g/mol. The predicted octanol–water partition coefficient (Wildman–Crippen LogP) is 9.40. The largest absolute Gasteiger partial charge is 2.00 e. The van der Waals surface area contributed by atoms with Crippen LogP contribution in [0.4, 0.5) is 11.4 Å². The first-order valence-electron chi connectivity index (χ1n) is 17.0. The summed E-state index contributed by atoms with van der Waals surface area (Å²) < 4.78 is 2.96. The zero-order chi connectivity index (χ0) is 37.3. The predicted molar refractivity (Wildman–Crippen MR) is 212 cm³/mol. The van der Waals surface area contributed by atoms with Gasteiger partial charge in [-0.15, -0.1) is 0 Å². The number of nitrogens with zero attached hydrogens (tertiary/aromatic N) is 6. The standard InChI is InChI=1S/2C22H17N3O2.Co/c2*26-20-14-8-7-13-19(20)23-15-18-21(16-9-3-1-4-10-16)24-25(22(18)27)17-11-5-2-6-12-17;/h2*1-15,26-27H;/q;;+2. The fourth-order valence-electron chi connectivity index (χ4n) is 5.61. The minimum Gasteiger partial charge on any atom is -0.506 e. The van der Waals surface area contributed by atoms with Crippen LogP contribution >= 0.6 is 0 Å². The first-order valence-corrected chi connectivity index (χ1v) is 17.0. The summed E-state index contributed by atoms with van der Waals surface area (Å²) in [6.45, 7) is 0. The van der Waals surface area contributed by atoms with Crippen LogP contribution in [0.25, 0.3) is 33.9 Å². The van der Waals surface area contributed by atoms with Crippen LogP contribution in [-0.4, -0.2) is 52.4 Å². The quantitative estimate of drug-likeness (QED) is 0.114. The summed E-state index contributed by atoms with van der Waals surface area (Å²) in [5.41, 5.74) is 6.23. The Bertz CT molecular complexity index is 2360. The summed E-state index contributed by atoms with van der Waals surface area (Å²) in [5.74, 6) is 0.119. The molecule has 0 saturated heterocycles. The van der Waals surface area contributed by atoms with Crippen LogP contribution in [0, 0.1) is 0 Å². The normalized spacial score (nSPS) is 10.9. The molecule has 0 aliphatic heterocycles. The van der Waals surface area contributed by atoms with E-state index in [9.17, 15) is 20.4 Å². The number of hydrogen-bond acceptors (Lipinski definition) is 8. The van der Waals surface area contributed by atoms with Gasteiger partial charge in [-0.1, -0.05) is 121 Å². The van der Waals surface area contributed by atoms with E-state index < -0.39 is 0 Å². The van der Waals surface area contributed by atoms with Crippen LogP contribution in [0.3, 0.4) is 0 Å². The fraction of sp³-hybridized carbons (Fsp3) is 0. The zero-order valence-corrected chi connectivity index (χ0v) is 30.2. The minimum atomic E-state index is -0.0146. The summed E-state index contributed by atoms with van der Waals surface area (Å²) in [6, 6.07) is 51.6. The molecule has 0 amide bonds. The average Bonchev–Trinajstić information content (AvgIpc) is 3.74. The number of aromatic nitrogens is 4. The molecule has 10 nitrogen and oxygen atoms in total. The molecule has 0 aliphatic carbocycles. The van der Waals surface area contributed by atoms with Crippen LogP contribution in [-0.2, 0) is 16.8 Å². The third kappa shape index (κ3) is 8.55. The van der Waals surface area contributed by atoms with Crippen molar-refractivity contribution in [2.45, 2.75) is 0 Å². The number of aliphatic imine (C=N–C) groups is 2. The van der Waals surface area contributed by atoms with Gasteiger partial charge in [-0.2, -0.15) is 10.2 Å². The van der Waals surface area contributed by atoms with E-state index in [2.05, 4.69) is 20.2 Å². The fourth-order valence-corrected chi connectivity index (χ4v) is 5.61. The van der Waals surface area contributed by atoms with E-state index in [0.29, 0.717) is 33.9 Å². The number of aromatic hydroxyl groups is 4. The molecule has 0 atom stereocenters. The van der Waals surface area contributed by atoms with Crippen molar-refractivity contribution in [3.05, 3.63) is 181 Å². The van der Waals surface area contributed by atoms with Crippen molar-refractivity contribution >= 4 is 23.8 Å². The molecule has 55 heavy (non-hydrogen) atoms. The van der Waals surface area contributed by atoms with Crippen molar-refractivity contribution in [1.82, 2.24) is 19.6 Å². The molecule has 8 aromatic rings. The molecule has 2 aromatic heterocycles. The van der Waals surface area contributed by atoms with Gasteiger partial charge in [0.25, 0.3) is 0 Å². The van der Waals surface area contributed by atoms with E-state index in [4.69, 9.17) is 0 Å². The molecule has 0 bridgehead atoms. The Kier molecular flexibility index (Phi) is 12.0. The molecular formula is C44H34CoN6O4+2. The number of phenols is 2. The van der Waals surface area contributed by atoms with E-state index in [-0.39, 0.29) is 40.0 Å². The van der Waals surface area contributed by atoms with Crippen LogP contribution < -0.4 is 0 Å². The molecule has 8 rings (SSSR count). The van der Waals surface area contributed by atoms with E-state index in [1.54, 1.807) is 48.5 Å². The Morgan fingerprint density at radius 3 is 1.05 bits per heavy atom. The van der Waals surface area contributed by atoms with E-state index >= 15 is 0 Å².